The lowest BCUT2D eigenvalue weighted by molar-refractivity contribution is -0.135. The van der Waals surface area contributed by atoms with Crippen LogP contribution in [0, 0.1) is 18.3 Å². The van der Waals surface area contributed by atoms with Crippen LogP contribution in [-0.2, 0) is 4.74 Å². The van der Waals surface area contributed by atoms with Crippen molar-refractivity contribution in [1.29, 1.82) is 0 Å². The third-order valence-electron chi connectivity index (χ3n) is 6.28. The molecule has 1 unspecified atom stereocenters. The molecule has 142 valence electrons. The second-order valence-electron chi connectivity index (χ2n) is 7.97. The minimum absolute atomic E-state index is 0.0210. The van der Waals surface area contributed by atoms with Gasteiger partial charge in [0.05, 0.1) is 6.61 Å². The van der Waals surface area contributed by atoms with Crippen LogP contribution in [-0.4, -0.2) is 48.3 Å². The highest BCUT2D eigenvalue weighted by atomic mass is 16.5. The van der Waals surface area contributed by atoms with Crippen LogP contribution in [0.2, 0.25) is 0 Å². The Labute approximate surface area is 155 Å². The molecule has 2 aliphatic heterocycles. The van der Waals surface area contributed by atoms with Crippen molar-refractivity contribution in [2.24, 2.45) is 11.3 Å². The number of hydrogen-bond donors (Lipinski definition) is 1. The number of aryl methyl sites for hydroxylation is 1. The fraction of sp³-hybridized carbons (Fsp3) is 0.700. The molecule has 1 saturated carbocycles. The normalized spacial score (nSPS) is 24.7. The molecule has 0 bridgehead atoms. The fourth-order valence-corrected chi connectivity index (χ4v) is 4.90. The number of hydrogen-bond acceptors (Lipinski definition) is 4. The zero-order valence-corrected chi connectivity index (χ0v) is 15.8. The van der Waals surface area contributed by atoms with Crippen molar-refractivity contribution in [1.82, 2.24) is 9.88 Å². The van der Waals surface area contributed by atoms with Crippen molar-refractivity contribution in [2.45, 2.75) is 52.0 Å². The van der Waals surface area contributed by atoms with Gasteiger partial charge in [0.2, 0.25) is 5.88 Å². The lowest BCUT2D eigenvalue weighted by Gasteiger charge is -2.64. The maximum absolute atomic E-state index is 13.0. The number of ether oxygens (including phenoxy) is 2. The molecule has 0 radical (unpaired) electrons. The molecule has 6 heteroatoms. The van der Waals surface area contributed by atoms with E-state index in [-0.39, 0.29) is 6.03 Å². The van der Waals surface area contributed by atoms with E-state index in [1.807, 2.05) is 24.8 Å². The fourth-order valence-electron chi connectivity index (χ4n) is 4.90. The van der Waals surface area contributed by atoms with E-state index in [1.54, 1.807) is 6.20 Å². The van der Waals surface area contributed by atoms with Crippen molar-refractivity contribution < 1.29 is 14.3 Å². The minimum Gasteiger partial charge on any atom is -0.476 e. The van der Waals surface area contributed by atoms with E-state index in [0.29, 0.717) is 35.5 Å². The average Bonchev–Trinajstić information content (AvgIpc) is 2.56. The van der Waals surface area contributed by atoms with Crippen LogP contribution in [0.4, 0.5) is 10.5 Å². The van der Waals surface area contributed by atoms with E-state index in [9.17, 15) is 4.79 Å². The standard InChI is InChI=1S/C20H29N3O3/c1-3-26-18-16(11-14(2)12-21-18)22-19(24)23-13-20(7-4-8-20)17(23)15-5-9-25-10-6-15/h11-12,15,17H,3-10,13H2,1-2H3,(H,22,24). The van der Waals surface area contributed by atoms with Gasteiger partial charge < -0.3 is 19.7 Å². The quantitative estimate of drug-likeness (QED) is 0.892. The molecule has 4 rings (SSSR count). The summed E-state index contributed by atoms with van der Waals surface area (Å²) in [5, 5.41) is 3.06. The Bertz CT molecular complexity index is 668. The SMILES string of the molecule is CCOc1ncc(C)cc1NC(=O)N1CC2(CCC2)C1C1CCOCC1. The lowest BCUT2D eigenvalue weighted by atomic mass is 9.54. The molecule has 3 heterocycles. The van der Waals surface area contributed by atoms with Gasteiger partial charge in [0.15, 0.2) is 0 Å². The zero-order chi connectivity index (χ0) is 18.1. The van der Waals surface area contributed by atoms with Crippen LogP contribution >= 0.6 is 0 Å². The van der Waals surface area contributed by atoms with Crippen LogP contribution < -0.4 is 10.1 Å². The van der Waals surface area contributed by atoms with Gasteiger partial charge in [-0.15, -0.1) is 0 Å². The highest BCUT2D eigenvalue weighted by Gasteiger charge is 2.59. The summed E-state index contributed by atoms with van der Waals surface area (Å²) in [5.41, 5.74) is 2.04. The molecule has 0 aromatic carbocycles. The van der Waals surface area contributed by atoms with Crippen LogP contribution in [0.1, 0.15) is 44.6 Å². The monoisotopic (exact) mass is 359 g/mol. The van der Waals surface area contributed by atoms with E-state index in [0.717, 1.165) is 38.2 Å². The van der Waals surface area contributed by atoms with Gasteiger partial charge in [-0.2, -0.15) is 0 Å². The highest BCUT2D eigenvalue weighted by molar-refractivity contribution is 5.91. The number of pyridine rings is 1. The van der Waals surface area contributed by atoms with Gasteiger partial charge in [0.1, 0.15) is 5.69 Å². The third kappa shape index (κ3) is 3.04. The lowest BCUT2D eigenvalue weighted by Crippen LogP contribution is -2.72. The Hall–Kier alpha value is -1.82. The number of nitrogens with zero attached hydrogens (tertiary/aromatic N) is 2. The predicted molar refractivity (Wildman–Crippen MR) is 99.5 cm³/mol. The first-order chi connectivity index (χ1) is 12.6. The number of carbonyl (C=O) groups is 1. The van der Waals surface area contributed by atoms with Gasteiger partial charge in [-0.3, -0.25) is 0 Å². The van der Waals surface area contributed by atoms with E-state index in [4.69, 9.17) is 9.47 Å². The molecule has 26 heavy (non-hydrogen) atoms. The molecule has 3 aliphatic rings. The third-order valence-corrected chi connectivity index (χ3v) is 6.28. The summed E-state index contributed by atoms with van der Waals surface area (Å²) in [6.45, 7) is 6.94. The smallest absolute Gasteiger partial charge is 0.322 e. The number of anilines is 1. The summed E-state index contributed by atoms with van der Waals surface area (Å²) in [6, 6.07) is 2.26. The predicted octanol–water partition coefficient (Wildman–Crippen LogP) is 3.60. The minimum atomic E-state index is -0.0210. The summed E-state index contributed by atoms with van der Waals surface area (Å²) in [4.78, 5) is 19.4. The molecule has 1 N–H and O–H groups in total. The number of rotatable bonds is 4. The van der Waals surface area contributed by atoms with Crippen LogP contribution in [0.15, 0.2) is 12.3 Å². The number of carbonyl (C=O) groups excluding carboxylic acids is 1. The first-order valence-electron chi connectivity index (χ1n) is 9.88. The number of nitrogens with one attached hydrogen (secondary N) is 1. The molecule has 3 fully saturated rings. The molecule has 1 aromatic rings. The van der Waals surface area contributed by atoms with Crippen molar-refractivity contribution >= 4 is 11.7 Å². The Morgan fingerprint density at radius 1 is 1.42 bits per heavy atom. The molecular weight excluding hydrogens is 330 g/mol. The summed E-state index contributed by atoms with van der Waals surface area (Å²) in [6.07, 6.45) is 7.70. The van der Waals surface area contributed by atoms with Gasteiger partial charge >= 0.3 is 6.03 Å². The zero-order valence-electron chi connectivity index (χ0n) is 15.8. The average molecular weight is 359 g/mol. The topological polar surface area (TPSA) is 63.7 Å². The summed E-state index contributed by atoms with van der Waals surface area (Å²) >= 11 is 0. The Balaban J connectivity index is 1.50. The largest absolute Gasteiger partial charge is 0.476 e. The Morgan fingerprint density at radius 3 is 2.85 bits per heavy atom. The number of likely N-dealkylation sites (tertiary alicyclic amines) is 1. The van der Waals surface area contributed by atoms with E-state index in [2.05, 4.69) is 10.3 Å². The van der Waals surface area contributed by atoms with Gasteiger partial charge in [-0.1, -0.05) is 6.42 Å². The molecular formula is C20H29N3O3. The second-order valence-corrected chi connectivity index (χ2v) is 7.97. The summed E-state index contributed by atoms with van der Waals surface area (Å²) < 4.78 is 11.1. The summed E-state index contributed by atoms with van der Waals surface area (Å²) in [5.74, 6) is 1.05. The highest BCUT2D eigenvalue weighted by Crippen LogP contribution is 2.56. The number of amides is 2. The van der Waals surface area contributed by atoms with Crippen LogP contribution in [0.3, 0.4) is 0 Å². The second kappa shape index (κ2) is 7.06. The van der Waals surface area contributed by atoms with Crippen LogP contribution in [0.25, 0.3) is 0 Å². The number of aromatic nitrogens is 1. The molecule has 6 nitrogen and oxygen atoms in total. The summed E-state index contributed by atoms with van der Waals surface area (Å²) in [7, 11) is 0. The maximum Gasteiger partial charge on any atom is 0.322 e. The molecule has 1 aromatic heterocycles. The van der Waals surface area contributed by atoms with Gasteiger partial charge in [-0.05, 0) is 57.1 Å². The molecule has 1 aliphatic carbocycles. The number of urea groups is 1. The van der Waals surface area contributed by atoms with Gasteiger partial charge in [0.25, 0.3) is 0 Å². The maximum atomic E-state index is 13.0. The molecule has 2 saturated heterocycles. The molecule has 1 atom stereocenters. The van der Waals surface area contributed by atoms with Crippen molar-refractivity contribution in [3.63, 3.8) is 0 Å². The Kier molecular flexibility index (Phi) is 4.78. The van der Waals surface area contributed by atoms with Crippen LogP contribution in [0.5, 0.6) is 5.88 Å². The van der Waals surface area contributed by atoms with E-state index in [1.165, 1.54) is 19.3 Å². The van der Waals surface area contributed by atoms with Gasteiger partial charge in [-0.25, -0.2) is 9.78 Å². The Morgan fingerprint density at radius 2 is 2.19 bits per heavy atom. The van der Waals surface area contributed by atoms with Crippen molar-refractivity contribution in [3.05, 3.63) is 17.8 Å². The first-order valence-corrected chi connectivity index (χ1v) is 9.88. The van der Waals surface area contributed by atoms with Crippen molar-refractivity contribution in [2.75, 3.05) is 31.7 Å². The first kappa shape index (κ1) is 17.6. The van der Waals surface area contributed by atoms with Gasteiger partial charge in [0, 0.05) is 37.4 Å². The van der Waals surface area contributed by atoms with E-state index < -0.39 is 0 Å². The van der Waals surface area contributed by atoms with E-state index >= 15 is 0 Å². The molecule has 2 amide bonds. The van der Waals surface area contributed by atoms with Crippen molar-refractivity contribution in [3.8, 4) is 5.88 Å². The molecule has 1 spiro atoms.